The molecule has 0 aliphatic carbocycles. The summed E-state index contributed by atoms with van der Waals surface area (Å²) in [4.78, 5) is 13.0. The summed E-state index contributed by atoms with van der Waals surface area (Å²) in [5.41, 5.74) is 6.63. The number of fused-ring (bicyclic) bond motifs is 1. The lowest BCUT2D eigenvalue weighted by Crippen LogP contribution is -2.29. The Balaban J connectivity index is 2.45. The highest BCUT2D eigenvalue weighted by Gasteiger charge is 2.15. The summed E-state index contributed by atoms with van der Waals surface area (Å²) >= 11 is 0. The van der Waals surface area contributed by atoms with Gasteiger partial charge in [-0.2, -0.15) is 0 Å². The third kappa shape index (κ3) is 1.39. The van der Waals surface area contributed by atoms with Crippen LogP contribution in [-0.4, -0.2) is 26.1 Å². The molecule has 1 aromatic carbocycles. The van der Waals surface area contributed by atoms with Crippen molar-refractivity contribution in [3.8, 4) is 5.75 Å². The van der Waals surface area contributed by atoms with Crippen molar-refractivity contribution < 1.29 is 9.53 Å². The molecule has 4 heteroatoms. The number of primary amides is 1. The molecule has 0 aromatic heterocycles. The molecule has 0 fully saturated rings. The van der Waals surface area contributed by atoms with Crippen molar-refractivity contribution in [3.05, 3.63) is 23.8 Å². The van der Waals surface area contributed by atoms with Gasteiger partial charge < -0.3 is 15.4 Å². The van der Waals surface area contributed by atoms with Gasteiger partial charge in [-0.25, -0.2) is 0 Å². The molecule has 0 unspecified atom stereocenters. The molecule has 0 bridgehead atoms. The third-order valence-corrected chi connectivity index (χ3v) is 2.34. The average molecular weight is 192 g/mol. The first-order valence-electron chi connectivity index (χ1n) is 4.46. The molecule has 0 saturated heterocycles. The van der Waals surface area contributed by atoms with Gasteiger partial charge in [0.2, 0.25) is 5.91 Å². The number of likely N-dealkylation sites (N-methyl/N-ethyl adjacent to an activating group) is 1. The second-order valence-corrected chi connectivity index (χ2v) is 3.32. The number of carbonyl (C=O) groups excluding carboxylic acids is 1. The fraction of sp³-hybridized carbons (Fsp3) is 0.300. The normalized spacial score (nSPS) is 14.5. The summed E-state index contributed by atoms with van der Waals surface area (Å²) in [6.07, 6.45) is 0. The van der Waals surface area contributed by atoms with E-state index in [9.17, 15) is 4.79 Å². The molecule has 14 heavy (non-hydrogen) atoms. The molecule has 0 spiro atoms. The van der Waals surface area contributed by atoms with Gasteiger partial charge in [0.15, 0.2) is 0 Å². The van der Waals surface area contributed by atoms with Crippen LogP contribution in [0, 0.1) is 0 Å². The molecule has 0 radical (unpaired) electrons. The maximum atomic E-state index is 11.0. The summed E-state index contributed by atoms with van der Waals surface area (Å²) in [5, 5.41) is 0. The molecule has 2 N–H and O–H groups in total. The second kappa shape index (κ2) is 3.21. The number of ether oxygens (including phenoxy) is 1. The van der Waals surface area contributed by atoms with Crippen LogP contribution in [0.5, 0.6) is 5.75 Å². The van der Waals surface area contributed by atoms with Crippen molar-refractivity contribution in [3.63, 3.8) is 0 Å². The van der Waals surface area contributed by atoms with Crippen molar-refractivity contribution >= 4 is 11.6 Å². The number of amides is 1. The van der Waals surface area contributed by atoms with E-state index < -0.39 is 5.91 Å². The van der Waals surface area contributed by atoms with Crippen molar-refractivity contribution in [2.24, 2.45) is 5.73 Å². The first-order chi connectivity index (χ1) is 6.68. The molecule has 1 aromatic rings. The van der Waals surface area contributed by atoms with Gasteiger partial charge in [-0.15, -0.1) is 0 Å². The van der Waals surface area contributed by atoms with Crippen molar-refractivity contribution in [1.82, 2.24) is 0 Å². The number of benzene rings is 1. The Bertz CT molecular complexity index is 376. The Labute approximate surface area is 82.3 Å². The SMILES string of the molecule is CN1CCOc2ccc(C(N)=O)cc21. The molecule has 2 rings (SSSR count). The lowest BCUT2D eigenvalue weighted by Gasteiger charge is -2.27. The third-order valence-electron chi connectivity index (χ3n) is 2.34. The van der Waals surface area contributed by atoms with Gasteiger partial charge >= 0.3 is 0 Å². The highest BCUT2D eigenvalue weighted by Crippen LogP contribution is 2.31. The van der Waals surface area contributed by atoms with Crippen LogP contribution in [0.2, 0.25) is 0 Å². The van der Waals surface area contributed by atoms with E-state index in [-0.39, 0.29) is 0 Å². The smallest absolute Gasteiger partial charge is 0.248 e. The Hall–Kier alpha value is -1.71. The van der Waals surface area contributed by atoms with E-state index in [1.54, 1.807) is 18.2 Å². The van der Waals surface area contributed by atoms with E-state index in [1.165, 1.54) is 0 Å². The predicted octanol–water partition coefficient (Wildman–Crippen LogP) is 0.614. The van der Waals surface area contributed by atoms with Crippen LogP contribution in [0.15, 0.2) is 18.2 Å². The van der Waals surface area contributed by atoms with Crippen LogP contribution >= 0.6 is 0 Å². The summed E-state index contributed by atoms with van der Waals surface area (Å²) in [6.45, 7) is 1.51. The zero-order valence-electron chi connectivity index (χ0n) is 7.99. The molecule has 4 nitrogen and oxygen atoms in total. The van der Waals surface area contributed by atoms with Crippen molar-refractivity contribution in [2.45, 2.75) is 0 Å². The number of nitrogens with two attached hydrogens (primary N) is 1. The number of hydrogen-bond acceptors (Lipinski definition) is 3. The largest absolute Gasteiger partial charge is 0.490 e. The van der Waals surface area contributed by atoms with E-state index in [2.05, 4.69) is 0 Å². The Morgan fingerprint density at radius 3 is 3.07 bits per heavy atom. The van der Waals surface area contributed by atoms with Gasteiger partial charge in [0, 0.05) is 12.6 Å². The van der Waals surface area contributed by atoms with Crippen LogP contribution < -0.4 is 15.4 Å². The monoisotopic (exact) mass is 192 g/mol. The number of rotatable bonds is 1. The zero-order valence-corrected chi connectivity index (χ0v) is 7.99. The molecule has 1 aliphatic rings. The van der Waals surface area contributed by atoms with Crippen LogP contribution in [-0.2, 0) is 0 Å². The molecule has 1 amide bonds. The Morgan fingerprint density at radius 2 is 2.36 bits per heavy atom. The van der Waals surface area contributed by atoms with Crippen LogP contribution in [0.1, 0.15) is 10.4 Å². The van der Waals surface area contributed by atoms with Gasteiger partial charge in [-0.1, -0.05) is 0 Å². The highest BCUT2D eigenvalue weighted by atomic mass is 16.5. The predicted molar refractivity (Wildman–Crippen MR) is 53.7 cm³/mol. The quantitative estimate of drug-likeness (QED) is 0.709. The van der Waals surface area contributed by atoms with Gasteiger partial charge in [0.1, 0.15) is 12.4 Å². The maximum Gasteiger partial charge on any atom is 0.248 e. The number of carbonyl (C=O) groups is 1. The zero-order chi connectivity index (χ0) is 10.1. The summed E-state index contributed by atoms with van der Waals surface area (Å²) in [7, 11) is 1.96. The standard InChI is InChI=1S/C10H12N2O2/c1-12-4-5-14-9-3-2-7(10(11)13)6-8(9)12/h2-3,6H,4-5H2,1H3,(H2,11,13). The van der Waals surface area contributed by atoms with Gasteiger partial charge in [-0.05, 0) is 18.2 Å². The molecule has 1 aliphatic heterocycles. The van der Waals surface area contributed by atoms with E-state index in [4.69, 9.17) is 10.5 Å². The minimum Gasteiger partial charge on any atom is -0.490 e. The molecule has 0 saturated carbocycles. The Morgan fingerprint density at radius 1 is 1.57 bits per heavy atom. The van der Waals surface area contributed by atoms with E-state index in [0.717, 1.165) is 18.0 Å². The molecule has 1 heterocycles. The fourth-order valence-electron chi connectivity index (χ4n) is 1.50. The topological polar surface area (TPSA) is 55.6 Å². The minimum atomic E-state index is -0.410. The average Bonchev–Trinajstić information content (AvgIpc) is 2.18. The van der Waals surface area contributed by atoms with Gasteiger partial charge in [-0.3, -0.25) is 4.79 Å². The van der Waals surface area contributed by atoms with E-state index in [1.807, 2.05) is 11.9 Å². The van der Waals surface area contributed by atoms with Crippen LogP contribution in [0.4, 0.5) is 5.69 Å². The molecule has 0 atom stereocenters. The van der Waals surface area contributed by atoms with Crippen molar-refractivity contribution in [1.29, 1.82) is 0 Å². The Kier molecular flexibility index (Phi) is 2.04. The summed E-state index contributed by atoms with van der Waals surface area (Å²) in [5.74, 6) is 0.399. The lowest BCUT2D eigenvalue weighted by molar-refractivity contribution is 0.100. The summed E-state index contributed by atoms with van der Waals surface area (Å²) in [6, 6.07) is 5.22. The van der Waals surface area contributed by atoms with Crippen LogP contribution in [0.25, 0.3) is 0 Å². The highest BCUT2D eigenvalue weighted by molar-refractivity contribution is 5.94. The minimum absolute atomic E-state index is 0.410. The second-order valence-electron chi connectivity index (χ2n) is 3.32. The number of anilines is 1. The first-order valence-corrected chi connectivity index (χ1v) is 4.46. The lowest BCUT2D eigenvalue weighted by atomic mass is 10.1. The molecular formula is C10H12N2O2. The maximum absolute atomic E-state index is 11.0. The molecule has 74 valence electrons. The number of hydrogen-bond donors (Lipinski definition) is 1. The first kappa shape index (κ1) is 8.87. The number of nitrogens with zero attached hydrogens (tertiary/aromatic N) is 1. The van der Waals surface area contributed by atoms with Crippen molar-refractivity contribution in [2.75, 3.05) is 25.1 Å². The van der Waals surface area contributed by atoms with Gasteiger partial charge in [0.05, 0.1) is 12.2 Å². The fourth-order valence-corrected chi connectivity index (χ4v) is 1.50. The van der Waals surface area contributed by atoms with E-state index >= 15 is 0 Å². The van der Waals surface area contributed by atoms with Gasteiger partial charge in [0.25, 0.3) is 0 Å². The molecular weight excluding hydrogens is 180 g/mol. The summed E-state index contributed by atoms with van der Waals surface area (Å²) < 4.78 is 5.43. The van der Waals surface area contributed by atoms with Crippen LogP contribution in [0.3, 0.4) is 0 Å². The van der Waals surface area contributed by atoms with E-state index in [0.29, 0.717) is 12.2 Å².